The molecule has 0 unspecified atom stereocenters. The van der Waals surface area contributed by atoms with Gasteiger partial charge in [-0.25, -0.2) is 9.48 Å². The monoisotopic (exact) mass is 299 g/mol. The lowest BCUT2D eigenvalue weighted by Crippen LogP contribution is -2.38. The summed E-state index contributed by atoms with van der Waals surface area (Å²) in [6.45, 7) is -0.390. The Hall–Kier alpha value is -3.16. The van der Waals surface area contributed by atoms with Gasteiger partial charge in [0, 0.05) is 0 Å². The first-order chi connectivity index (χ1) is 10.6. The summed E-state index contributed by atoms with van der Waals surface area (Å²) in [7, 11) is 0. The predicted octanol–water partition coefficient (Wildman–Crippen LogP) is 0.363. The van der Waals surface area contributed by atoms with E-state index >= 15 is 0 Å². The van der Waals surface area contributed by atoms with Crippen molar-refractivity contribution in [3.05, 3.63) is 42.7 Å². The van der Waals surface area contributed by atoms with Crippen LogP contribution in [0.2, 0.25) is 0 Å². The molecule has 3 rings (SSSR count). The van der Waals surface area contributed by atoms with Gasteiger partial charge in [0.25, 0.3) is 5.91 Å². The van der Waals surface area contributed by atoms with Crippen molar-refractivity contribution >= 4 is 23.5 Å². The fourth-order valence-electron chi connectivity index (χ4n) is 2.07. The molecule has 1 aliphatic heterocycles. The van der Waals surface area contributed by atoms with Crippen LogP contribution in [-0.2, 0) is 9.59 Å². The van der Waals surface area contributed by atoms with Crippen molar-refractivity contribution in [3.63, 3.8) is 0 Å². The molecule has 0 aliphatic carbocycles. The Bertz CT molecular complexity index is 709. The Labute approximate surface area is 125 Å². The number of urea groups is 1. The maximum absolute atomic E-state index is 11.9. The number of hydrogen-bond donors (Lipinski definition) is 2. The number of carbonyl (C=O) groups is 3. The SMILES string of the molecule is O=C(CN1C(=O)CNC1=O)Nc1cnn(-c2ccccc2)c1. The Morgan fingerprint density at radius 1 is 1.27 bits per heavy atom. The van der Waals surface area contributed by atoms with E-state index in [2.05, 4.69) is 15.7 Å². The van der Waals surface area contributed by atoms with Gasteiger partial charge in [-0.1, -0.05) is 18.2 Å². The number of hydrogen-bond acceptors (Lipinski definition) is 4. The quantitative estimate of drug-likeness (QED) is 0.797. The number of anilines is 1. The van der Waals surface area contributed by atoms with Crippen molar-refractivity contribution in [2.45, 2.75) is 0 Å². The molecule has 0 saturated carbocycles. The summed E-state index contributed by atoms with van der Waals surface area (Å²) in [5.41, 5.74) is 1.35. The summed E-state index contributed by atoms with van der Waals surface area (Å²) in [5, 5.41) is 9.10. The zero-order valence-electron chi connectivity index (χ0n) is 11.5. The van der Waals surface area contributed by atoms with Crippen molar-refractivity contribution in [1.29, 1.82) is 0 Å². The number of benzene rings is 1. The molecule has 0 radical (unpaired) electrons. The number of imide groups is 1. The second-order valence-electron chi connectivity index (χ2n) is 4.70. The number of aromatic nitrogens is 2. The number of amides is 4. The van der Waals surface area contributed by atoms with E-state index in [-0.39, 0.29) is 13.1 Å². The summed E-state index contributed by atoms with van der Waals surface area (Å²) in [6, 6.07) is 8.87. The normalized spacial score (nSPS) is 14.1. The number of carbonyl (C=O) groups excluding carboxylic acids is 3. The molecule has 8 heteroatoms. The second-order valence-corrected chi connectivity index (χ2v) is 4.70. The maximum Gasteiger partial charge on any atom is 0.325 e. The summed E-state index contributed by atoms with van der Waals surface area (Å²) in [5.74, 6) is -0.877. The van der Waals surface area contributed by atoms with E-state index in [4.69, 9.17) is 0 Å². The third-order valence-corrected chi connectivity index (χ3v) is 3.13. The standard InChI is InChI=1S/C14H13N5O3/c20-12(9-18-13(21)7-15-14(18)22)17-10-6-16-19(8-10)11-4-2-1-3-5-11/h1-6,8H,7,9H2,(H,15,22)(H,17,20). The number of nitrogens with zero attached hydrogens (tertiary/aromatic N) is 3. The molecule has 4 amide bonds. The van der Waals surface area contributed by atoms with Gasteiger partial charge in [0.1, 0.15) is 6.54 Å². The Morgan fingerprint density at radius 3 is 2.73 bits per heavy atom. The molecule has 0 spiro atoms. The van der Waals surface area contributed by atoms with Crippen LogP contribution in [0.1, 0.15) is 0 Å². The van der Waals surface area contributed by atoms with Gasteiger partial charge in [-0.05, 0) is 12.1 Å². The average Bonchev–Trinajstić information content (AvgIpc) is 3.10. The van der Waals surface area contributed by atoms with E-state index in [1.807, 2.05) is 30.3 Å². The first kappa shape index (κ1) is 13.8. The van der Waals surface area contributed by atoms with Gasteiger partial charge in [0.15, 0.2) is 0 Å². The highest BCUT2D eigenvalue weighted by molar-refractivity contribution is 6.06. The highest BCUT2D eigenvalue weighted by atomic mass is 16.2. The fourth-order valence-corrected chi connectivity index (χ4v) is 2.07. The molecule has 1 aliphatic rings. The van der Waals surface area contributed by atoms with Crippen molar-refractivity contribution in [2.75, 3.05) is 18.4 Å². The largest absolute Gasteiger partial charge is 0.329 e. The minimum absolute atomic E-state index is 0.0714. The molecule has 1 fully saturated rings. The first-order valence-electron chi connectivity index (χ1n) is 6.61. The van der Waals surface area contributed by atoms with Gasteiger partial charge in [-0.3, -0.25) is 14.5 Å². The van der Waals surface area contributed by atoms with Crippen molar-refractivity contribution < 1.29 is 14.4 Å². The van der Waals surface area contributed by atoms with Gasteiger partial charge in [-0.2, -0.15) is 5.10 Å². The van der Waals surface area contributed by atoms with E-state index in [1.54, 1.807) is 10.9 Å². The predicted molar refractivity (Wildman–Crippen MR) is 77.3 cm³/mol. The highest BCUT2D eigenvalue weighted by Gasteiger charge is 2.30. The molecule has 1 saturated heterocycles. The molecule has 112 valence electrons. The molecule has 2 N–H and O–H groups in total. The third kappa shape index (κ3) is 2.80. The first-order valence-corrected chi connectivity index (χ1v) is 6.61. The fraction of sp³-hybridized carbons (Fsp3) is 0.143. The summed E-state index contributed by atoms with van der Waals surface area (Å²) in [4.78, 5) is 35.5. The van der Waals surface area contributed by atoms with Crippen LogP contribution in [0.5, 0.6) is 0 Å². The molecule has 2 aromatic rings. The minimum atomic E-state index is -0.555. The molecule has 0 bridgehead atoms. The van der Waals surface area contributed by atoms with Gasteiger partial charge < -0.3 is 10.6 Å². The molecule has 22 heavy (non-hydrogen) atoms. The van der Waals surface area contributed by atoms with Crippen molar-refractivity contribution in [1.82, 2.24) is 20.0 Å². The van der Waals surface area contributed by atoms with Crippen LogP contribution in [0.25, 0.3) is 5.69 Å². The molecular formula is C14H13N5O3. The van der Waals surface area contributed by atoms with E-state index < -0.39 is 17.8 Å². The van der Waals surface area contributed by atoms with Gasteiger partial charge >= 0.3 is 6.03 Å². The Kier molecular flexibility index (Phi) is 3.57. The van der Waals surface area contributed by atoms with Gasteiger partial charge in [0.2, 0.25) is 5.91 Å². The molecule has 1 aromatic carbocycles. The average molecular weight is 299 g/mol. The highest BCUT2D eigenvalue weighted by Crippen LogP contribution is 2.11. The lowest BCUT2D eigenvalue weighted by molar-refractivity contribution is -0.128. The minimum Gasteiger partial charge on any atom is -0.329 e. The van der Waals surface area contributed by atoms with Crippen LogP contribution in [0, 0.1) is 0 Å². The van der Waals surface area contributed by atoms with Crippen LogP contribution < -0.4 is 10.6 Å². The summed E-state index contributed by atoms with van der Waals surface area (Å²) < 4.78 is 1.61. The zero-order chi connectivity index (χ0) is 15.5. The molecular weight excluding hydrogens is 286 g/mol. The third-order valence-electron chi connectivity index (χ3n) is 3.13. The zero-order valence-corrected chi connectivity index (χ0v) is 11.5. The van der Waals surface area contributed by atoms with Crippen LogP contribution >= 0.6 is 0 Å². The number of para-hydroxylation sites is 1. The van der Waals surface area contributed by atoms with Crippen LogP contribution in [0.3, 0.4) is 0 Å². The molecule has 8 nitrogen and oxygen atoms in total. The van der Waals surface area contributed by atoms with Crippen molar-refractivity contribution in [3.8, 4) is 5.69 Å². The van der Waals surface area contributed by atoms with Gasteiger partial charge in [-0.15, -0.1) is 0 Å². The lowest BCUT2D eigenvalue weighted by Gasteiger charge is -2.11. The number of nitrogens with one attached hydrogen (secondary N) is 2. The van der Waals surface area contributed by atoms with Crippen LogP contribution in [-0.4, -0.2) is 45.6 Å². The molecule has 0 atom stereocenters. The van der Waals surface area contributed by atoms with E-state index in [9.17, 15) is 14.4 Å². The van der Waals surface area contributed by atoms with E-state index in [0.29, 0.717) is 5.69 Å². The molecule has 1 aromatic heterocycles. The molecule has 2 heterocycles. The van der Waals surface area contributed by atoms with Crippen LogP contribution in [0.15, 0.2) is 42.7 Å². The second kappa shape index (κ2) is 5.68. The van der Waals surface area contributed by atoms with E-state index in [1.165, 1.54) is 6.20 Å². The summed E-state index contributed by atoms with van der Waals surface area (Å²) in [6.07, 6.45) is 3.15. The van der Waals surface area contributed by atoms with E-state index in [0.717, 1.165) is 10.6 Å². The number of rotatable bonds is 4. The maximum atomic E-state index is 11.9. The lowest BCUT2D eigenvalue weighted by atomic mass is 10.3. The smallest absolute Gasteiger partial charge is 0.325 e. The Morgan fingerprint density at radius 2 is 2.05 bits per heavy atom. The Balaban J connectivity index is 1.64. The van der Waals surface area contributed by atoms with Crippen molar-refractivity contribution in [2.24, 2.45) is 0 Å². The van der Waals surface area contributed by atoms with Gasteiger partial charge in [0.05, 0.1) is 30.3 Å². The van der Waals surface area contributed by atoms with Crippen LogP contribution in [0.4, 0.5) is 10.5 Å². The summed E-state index contributed by atoms with van der Waals surface area (Å²) >= 11 is 0. The topological polar surface area (TPSA) is 96.3 Å².